The van der Waals surface area contributed by atoms with Crippen LogP contribution in [0.1, 0.15) is 20.8 Å². The lowest BCUT2D eigenvalue weighted by molar-refractivity contribution is -0.384. The highest BCUT2D eigenvalue weighted by Crippen LogP contribution is 2.26. The van der Waals surface area contributed by atoms with E-state index >= 15 is 0 Å². The molecule has 0 unspecified atom stereocenters. The third-order valence-electron chi connectivity index (χ3n) is 2.87. The molecule has 0 aliphatic heterocycles. The first-order chi connectivity index (χ1) is 11.3. The second kappa shape index (κ2) is 7.98. The fourth-order valence-electron chi connectivity index (χ4n) is 1.66. The molecular weight excluding hydrogens is 374 g/mol. The Morgan fingerprint density at radius 3 is 2.52 bits per heavy atom. The van der Waals surface area contributed by atoms with E-state index in [0.29, 0.717) is 0 Å². The number of rotatable bonds is 6. The van der Waals surface area contributed by atoms with Gasteiger partial charge in [0, 0.05) is 26.2 Å². The summed E-state index contributed by atoms with van der Waals surface area (Å²) in [6.45, 7) is 5.12. The van der Waals surface area contributed by atoms with Crippen LogP contribution in [0.2, 0.25) is 5.02 Å². The number of carbonyl (C=O) groups is 1. The molecule has 140 valence electrons. The van der Waals surface area contributed by atoms with Crippen LogP contribution in [0.15, 0.2) is 23.1 Å². The molecule has 0 aliphatic carbocycles. The number of likely N-dealkylation sites (N-methyl/N-ethyl adjacent to an activating group) is 1. The molecule has 0 aliphatic rings. The van der Waals surface area contributed by atoms with Crippen molar-refractivity contribution in [2.45, 2.75) is 31.3 Å². The zero-order valence-electron chi connectivity index (χ0n) is 14.3. The minimum Gasteiger partial charge on any atom is -0.444 e. The Labute approximate surface area is 151 Å². The van der Waals surface area contributed by atoms with Gasteiger partial charge in [0.25, 0.3) is 5.69 Å². The molecule has 0 heterocycles. The Hall–Kier alpha value is -1.91. The number of nitrogens with one attached hydrogen (secondary N) is 1. The fourth-order valence-corrected chi connectivity index (χ4v) is 2.89. The van der Waals surface area contributed by atoms with Gasteiger partial charge in [-0.05, 0) is 32.9 Å². The van der Waals surface area contributed by atoms with Crippen LogP contribution in [0, 0.1) is 10.1 Å². The topological polar surface area (TPSA) is 119 Å². The Morgan fingerprint density at radius 1 is 1.40 bits per heavy atom. The van der Waals surface area contributed by atoms with E-state index in [9.17, 15) is 23.3 Å². The number of nitro benzene ring substituents is 1. The van der Waals surface area contributed by atoms with Crippen LogP contribution in [-0.4, -0.2) is 50.1 Å². The molecule has 1 aromatic rings. The lowest BCUT2D eigenvalue weighted by Crippen LogP contribution is -2.39. The Kier molecular flexibility index (Phi) is 6.75. The number of benzene rings is 1. The molecule has 0 atom stereocenters. The Bertz CT molecular complexity index is 760. The molecule has 0 fully saturated rings. The number of hydrogen-bond acceptors (Lipinski definition) is 6. The van der Waals surface area contributed by atoms with Gasteiger partial charge in [-0.15, -0.1) is 0 Å². The van der Waals surface area contributed by atoms with Crippen LogP contribution in [-0.2, 0) is 14.8 Å². The molecule has 1 N–H and O–H groups in total. The maximum Gasteiger partial charge on any atom is 0.410 e. The first-order valence-electron chi connectivity index (χ1n) is 7.21. The highest BCUT2D eigenvalue weighted by Gasteiger charge is 2.22. The zero-order valence-corrected chi connectivity index (χ0v) is 15.8. The van der Waals surface area contributed by atoms with E-state index in [1.165, 1.54) is 11.9 Å². The van der Waals surface area contributed by atoms with Crippen LogP contribution in [0.25, 0.3) is 0 Å². The average Bonchev–Trinajstić information content (AvgIpc) is 2.44. The third-order valence-corrected chi connectivity index (χ3v) is 4.65. The minimum atomic E-state index is -3.98. The van der Waals surface area contributed by atoms with Crippen molar-refractivity contribution in [1.82, 2.24) is 9.62 Å². The molecule has 0 spiro atoms. The van der Waals surface area contributed by atoms with E-state index in [4.69, 9.17) is 16.3 Å². The van der Waals surface area contributed by atoms with Gasteiger partial charge in [-0.2, -0.15) is 0 Å². The van der Waals surface area contributed by atoms with Gasteiger partial charge in [0.2, 0.25) is 10.0 Å². The predicted molar refractivity (Wildman–Crippen MR) is 92.2 cm³/mol. The summed E-state index contributed by atoms with van der Waals surface area (Å²) in [6.07, 6.45) is -0.589. The average molecular weight is 394 g/mol. The molecule has 25 heavy (non-hydrogen) atoms. The lowest BCUT2D eigenvalue weighted by atomic mass is 10.2. The van der Waals surface area contributed by atoms with Gasteiger partial charge in [-0.3, -0.25) is 10.1 Å². The predicted octanol–water partition coefficient (Wildman–Crippen LogP) is 2.39. The van der Waals surface area contributed by atoms with E-state index < -0.39 is 32.3 Å². The van der Waals surface area contributed by atoms with Crippen LogP contribution in [0.4, 0.5) is 10.5 Å². The second-order valence-corrected chi connectivity index (χ2v) is 8.34. The van der Waals surface area contributed by atoms with Crippen molar-refractivity contribution in [3.63, 3.8) is 0 Å². The van der Waals surface area contributed by atoms with Crippen molar-refractivity contribution in [2.24, 2.45) is 0 Å². The molecule has 1 amide bonds. The van der Waals surface area contributed by atoms with E-state index in [-0.39, 0.29) is 23.0 Å². The summed E-state index contributed by atoms with van der Waals surface area (Å²) in [4.78, 5) is 22.8. The van der Waals surface area contributed by atoms with Gasteiger partial charge in [0.05, 0.1) is 9.82 Å². The number of nitrogens with zero attached hydrogens (tertiary/aromatic N) is 2. The molecule has 1 rings (SSSR count). The number of sulfonamides is 1. The van der Waals surface area contributed by atoms with Crippen molar-refractivity contribution in [1.29, 1.82) is 0 Å². The molecule has 9 nitrogen and oxygen atoms in total. The molecule has 1 aromatic carbocycles. The lowest BCUT2D eigenvalue weighted by Gasteiger charge is -2.24. The summed E-state index contributed by atoms with van der Waals surface area (Å²) in [5.74, 6) is 0. The Balaban J connectivity index is 2.72. The first kappa shape index (κ1) is 21.1. The van der Waals surface area contributed by atoms with Crippen molar-refractivity contribution < 1.29 is 22.9 Å². The van der Waals surface area contributed by atoms with Gasteiger partial charge in [0.1, 0.15) is 10.6 Å². The molecular formula is C14H20ClN3O6S. The molecule has 0 aromatic heterocycles. The highest BCUT2D eigenvalue weighted by molar-refractivity contribution is 7.89. The minimum absolute atomic E-state index is 0.0594. The largest absolute Gasteiger partial charge is 0.444 e. The summed E-state index contributed by atoms with van der Waals surface area (Å²) in [5.41, 5.74) is -1.16. The normalized spacial score (nSPS) is 11.9. The van der Waals surface area contributed by atoms with Gasteiger partial charge >= 0.3 is 6.09 Å². The van der Waals surface area contributed by atoms with E-state index in [1.54, 1.807) is 20.8 Å². The number of amides is 1. The summed E-state index contributed by atoms with van der Waals surface area (Å²) < 4.78 is 31.8. The Morgan fingerprint density at radius 2 is 2.00 bits per heavy atom. The van der Waals surface area contributed by atoms with Crippen molar-refractivity contribution in [3.8, 4) is 0 Å². The number of hydrogen-bond donors (Lipinski definition) is 1. The van der Waals surface area contributed by atoms with Gasteiger partial charge in [-0.25, -0.2) is 17.9 Å². The molecule has 0 saturated carbocycles. The van der Waals surface area contributed by atoms with Gasteiger partial charge in [-0.1, -0.05) is 11.6 Å². The SMILES string of the molecule is CN(CCNS(=O)(=O)c1ccc(Cl)c([N+](=O)[O-])c1)C(=O)OC(C)(C)C. The molecule has 11 heteroatoms. The van der Waals surface area contributed by atoms with Crippen LogP contribution in [0.5, 0.6) is 0 Å². The number of nitro groups is 1. The molecule has 0 radical (unpaired) electrons. The van der Waals surface area contributed by atoms with E-state index in [1.807, 2.05) is 0 Å². The summed E-state index contributed by atoms with van der Waals surface area (Å²) >= 11 is 5.66. The summed E-state index contributed by atoms with van der Waals surface area (Å²) in [5, 5.41) is 10.7. The summed E-state index contributed by atoms with van der Waals surface area (Å²) in [7, 11) is -2.51. The number of carbonyl (C=O) groups excluding carboxylic acids is 1. The number of ether oxygens (including phenoxy) is 1. The maximum absolute atomic E-state index is 12.2. The van der Waals surface area contributed by atoms with Crippen molar-refractivity contribution in [2.75, 3.05) is 20.1 Å². The van der Waals surface area contributed by atoms with Crippen LogP contribution in [0.3, 0.4) is 0 Å². The van der Waals surface area contributed by atoms with Gasteiger partial charge in [0.15, 0.2) is 0 Å². The van der Waals surface area contributed by atoms with E-state index in [0.717, 1.165) is 18.2 Å². The fraction of sp³-hybridized carbons (Fsp3) is 0.500. The van der Waals surface area contributed by atoms with Crippen LogP contribution < -0.4 is 4.72 Å². The zero-order chi connectivity index (χ0) is 19.4. The first-order valence-corrected chi connectivity index (χ1v) is 9.07. The molecule has 0 bridgehead atoms. The molecule has 0 saturated heterocycles. The van der Waals surface area contributed by atoms with Crippen LogP contribution >= 0.6 is 11.6 Å². The van der Waals surface area contributed by atoms with Gasteiger partial charge < -0.3 is 9.64 Å². The standard InChI is InChI=1S/C14H20ClN3O6S/c1-14(2,3)24-13(19)17(4)8-7-16-25(22,23)10-5-6-11(15)12(9-10)18(20)21/h5-6,9,16H,7-8H2,1-4H3. The van der Waals surface area contributed by atoms with E-state index in [2.05, 4.69) is 4.72 Å². The second-order valence-electron chi connectivity index (χ2n) is 6.17. The smallest absolute Gasteiger partial charge is 0.410 e. The van der Waals surface area contributed by atoms with Crippen molar-refractivity contribution >= 4 is 33.4 Å². The monoisotopic (exact) mass is 393 g/mol. The highest BCUT2D eigenvalue weighted by atomic mass is 35.5. The summed E-state index contributed by atoms with van der Waals surface area (Å²) in [6, 6.07) is 3.18. The quantitative estimate of drug-likeness (QED) is 0.585. The maximum atomic E-state index is 12.2. The van der Waals surface area contributed by atoms with Crippen molar-refractivity contribution in [3.05, 3.63) is 33.3 Å². The number of halogens is 1. The third kappa shape index (κ3) is 6.48.